The van der Waals surface area contributed by atoms with Gasteiger partial charge in [-0.05, 0) is 55.8 Å². The minimum absolute atomic E-state index is 0.0175. The van der Waals surface area contributed by atoms with Crippen LogP contribution in [0.3, 0.4) is 0 Å². The monoisotopic (exact) mass is 445 g/mol. The number of nitrogens with one attached hydrogen (secondary N) is 2. The SMILES string of the molecule is COc1cccc2c1[C@H](Nc1ccc3c(NC(=O)CN4CCN(C)CC4)cccc3n1)CC2. The number of hydrogen-bond acceptors (Lipinski definition) is 6. The number of benzene rings is 2. The molecule has 0 radical (unpaired) electrons. The number of amides is 1. The molecule has 5 rings (SSSR count). The molecular weight excluding hydrogens is 414 g/mol. The average molecular weight is 446 g/mol. The van der Waals surface area contributed by atoms with E-state index in [4.69, 9.17) is 9.72 Å². The maximum absolute atomic E-state index is 12.7. The highest BCUT2D eigenvalue weighted by atomic mass is 16.5. The molecule has 1 aromatic heterocycles. The van der Waals surface area contributed by atoms with E-state index in [-0.39, 0.29) is 11.9 Å². The summed E-state index contributed by atoms with van der Waals surface area (Å²) >= 11 is 0. The van der Waals surface area contributed by atoms with Crippen LogP contribution >= 0.6 is 0 Å². The van der Waals surface area contributed by atoms with Crippen LogP contribution in [0.1, 0.15) is 23.6 Å². The van der Waals surface area contributed by atoms with Crippen LogP contribution in [0.2, 0.25) is 0 Å². The molecule has 0 bridgehead atoms. The van der Waals surface area contributed by atoms with Crippen LogP contribution in [0, 0.1) is 0 Å². The third kappa shape index (κ3) is 4.65. The Morgan fingerprint density at radius 2 is 1.91 bits per heavy atom. The lowest BCUT2D eigenvalue weighted by Crippen LogP contribution is -2.47. The van der Waals surface area contributed by atoms with E-state index in [0.29, 0.717) is 6.54 Å². The minimum atomic E-state index is 0.0175. The van der Waals surface area contributed by atoms with Crippen LogP contribution in [0.5, 0.6) is 5.75 Å². The van der Waals surface area contributed by atoms with Gasteiger partial charge < -0.3 is 20.3 Å². The molecule has 2 aromatic carbocycles. The lowest BCUT2D eigenvalue weighted by Gasteiger charge is -2.31. The Morgan fingerprint density at radius 3 is 2.73 bits per heavy atom. The van der Waals surface area contributed by atoms with Crippen molar-refractivity contribution in [3.05, 3.63) is 59.7 Å². The van der Waals surface area contributed by atoms with Gasteiger partial charge in [0.25, 0.3) is 0 Å². The van der Waals surface area contributed by atoms with Crippen molar-refractivity contribution in [3.63, 3.8) is 0 Å². The van der Waals surface area contributed by atoms with E-state index in [9.17, 15) is 4.79 Å². The van der Waals surface area contributed by atoms with Gasteiger partial charge in [-0.25, -0.2) is 4.98 Å². The maximum atomic E-state index is 12.7. The van der Waals surface area contributed by atoms with Crippen molar-refractivity contribution in [1.29, 1.82) is 0 Å². The zero-order valence-corrected chi connectivity index (χ0v) is 19.3. The molecule has 1 fully saturated rings. The highest BCUT2D eigenvalue weighted by Crippen LogP contribution is 2.39. The summed E-state index contributed by atoms with van der Waals surface area (Å²) in [6.07, 6.45) is 2.04. The Hall–Kier alpha value is -3.16. The number of likely N-dealkylation sites (N-methyl/N-ethyl adjacent to an activating group) is 1. The van der Waals surface area contributed by atoms with Crippen LogP contribution in [0.25, 0.3) is 10.9 Å². The topological polar surface area (TPSA) is 69.7 Å². The maximum Gasteiger partial charge on any atom is 0.238 e. The largest absolute Gasteiger partial charge is 0.496 e. The van der Waals surface area contributed by atoms with E-state index in [1.807, 2.05) is 42.5 Å². The first-order chi connectivity index (χ1) is 16.1. The quantitative estimate of drug-likeness (QED) is 0.605. The first-order valence-corrected chi connectivity index (χ1v) is 11.6. The lowest BCUT2D eigenvalue weighted by atomic mass is 10.1. The molecule has 2 heterocycles. The summed E-state index contributed by atoms with van der Waals surface area (Å²) < 4.78 is 5.60. The third-order valence-electron chi connectivity index (χ3n) is 6.72. The number of fused-ring (bicyclic) bond motifs is 2. The van der Waals surface area contributed by atoms with Gasteiger partial charge in [-0.2, -0.15) is 0 Å². The lowest BCUT2D eigenvalue weighted by molar-refractivity contribution is -0.117. The zero-order valence-electron chi connectivity index (χ0n) is 19.3. The Morgan fingerprint density at radius 1 is 1.09 bits per heavy atom. The van der Waals surface area contributed by atoms with Gasteiger partial charge in [-0.15, -0.1) is 0 Å². The molecule has 0 unspecified atom stereocenters. The van der Waals surface area contributed by atoms with E-state index in [2.05, 4.69) is 33.5 Å². The number of rotatable bonds is 6. The fourth-order valence-corrected chi connectivity index (χ4v) is 4.89. The Balaban J connectivity index is 1.30. The molecule has 1 saturated heterocycles. The number of carbonyl (C=O) groups is 1. The average Bonchev–Trinajstić information content (AvgIpc) is 3.23. The van der Waals surface area contributed by atoms with Crippen molar-refractivity contribution < 1.29 is 9.53 Å². The van der Waals surface area contributed by atoms with Gasteiger partial charge in [0.1, 0.15) is 11.6 Å². The van der Waals surface area contributed by atoms with Crippen molar-refractivity contribution in [1.82, 2.24) is 14.8 Å². The Kier molecular flexibility index (Phi) is 6.15. The van der Waals surface area contributed by atoms with Crippen LogP contribution in [-0.4, -0.2) is 67.6 Å². The van der Waals surface area contributed by atoms with Crippen molar-refractivity contribution in [3.8, 4) is 5.75 Å². The molecule has 3 aromatic rings. The molecule has 2 N–H and O–H groups in total. The number of piperazine rings is 1. The van der Waals surface area contributed by atoms with Gasteiger partial charge in [-0.1, -0.05) is 18.2 Å². The Labute approximate surface area is 194 Å². The molecule has 172 valence electrons. The zero-order chi connectivity index (χ0) is 22.8. The van der Waals surface area contributed by atoms with E-state index in [1.165, 1.54) is 11.1 Å². The number of pyridine rings is 1. The fourth-order valence-electron chi connectivity index (χ4n) is 4.89. The van der Waals surface area contributed by atoms with Crippen LogP contribution < -0.4 is 15.4 Å². The smallest absolute Gasteiger partial charge is 0.238 e. The van der Waals surface area contributed by atoms with Gasteiger partial charge in [-0.3, -0.25) is 9.69 Å². The van der Waals surface area contributed by atoms with Crippen LogP contribution in [0.4, 0.5) is 11.5 Å². The van der Waals surface area contributed by atoms with E-state index < -0.39 is 0 Å². The first-order valence-electron chi connectivity index (χ1n) is 11.6. The molecule has 33 heavy (non-hydrogen) atoms. The number of aromatic nitrogens is 1. The summed E-state index contributed by atoms with van der Waals surface area (Å²) in [4.78, 5) is 22.0. The third-order valence-corrected chi connectivity index (χ3v) is 6.72. The normalized spacial score (nSPS) is 18.8. The molecule has 7 nitrogen and oxygen atoms in total. The van der Waals surface area contributed by atoms with Crippen molar-refractivity contribution >= 4 is 28.3 Å². The summed E-state index contributed by atoms with van der Waals surface area (Å²) in [6.45, 7) is 4.26. The summed E-state index contributed by atoms with van der Waals surface area (Å²) in [5.41, 5.74) is 4.22. The second-order valence-corrected chi connectivity index (χ2v) is 8.97. The van der Waals surface area contributed by atoms with Gasteiger partial charge in [0.05, 0.1) is 30.9 Å². The van der Waals surface area contributed by atoms with E-state index in [1.54, 1.807) is 7.11 Å². The fraction of sp³-hybridized carbons (Fsp3) is 0.385. The Bertz CT molecular complexity index is 1160. The molecule has 2 aliphatic rings. The summed E-state index contributed by atoms with van der Waals surface area (Å²) in [7, 11) is 3.84. The number of nitrogens with zero attached hydrogens (tertiary/aromatic N) is 3. The predicted octanol–water partition coefficient (Wildman–Crippen LogP) is 3.53. The molecule has 0 saturated carbocycles. The van der Waals surface area contributed by atoms with Gasteiger partial charge >= 0.3 is 0 Å². The van der Waals surface area contributed by atoms with Crippen molar-refractivity contribution in [2.24, 2.45) is 0 Å². The molecular formula is C26H31N5O2. The summed E-state index contributed by atoms with van der Waals surface area (Å²) in [6, 6.07) is 16.3. The molecule has 1 aliphatic heterocycles. The van der Waals surface area contributed by atoms with Crippen LogP contribution in [-0.2, 0) is 11.2 Å². The summed E-state index contributed by atoms with van der Waals surface area (Å²) in [5.74, 6) is 1.77. The number of aryl methyl sites for hydroxylation is 1. The molecule has 1 atom stereocenters. The number of carbonyl (C=O) groups excluding carboxylic acids is 1. The van der Waals surface area contributed by atoms with Crippen molar-refractivity contribution in [2.75, 3.05) is 57.5 Å². The number of ether oxygens (including phenoxy) is 1. The van der Waals surface area contributed by atoms with Gasteiger partial charge in [0, 0.05) is 37.1 Å². The molecule has 7 heteroatoms. The number of hydrogen-bond donors (Lipinski definition) is 2. The van der Waals surface area contributed by atoms with Gasteiger partial charge in [0.15, 0.2) is 0 Å². The van der Waals surface area contributed by atoms with Crippen LogP contribution in [0.15, 0.2) is 48.5 Å². The summed E-state index contributed by atoms with van der Waals surface area (Å²) in [5, 5.41) is 7.63. The van der Waals surface area contributed by atoms with Gasteiger partial charge in [0.2, 0.25) is 5.91 Å². The first kappa shape index (κ1) is 21.7. The number of anilines is 2. The number of methoxy groups -OCH3 is 1. The molecule has 1 aliphatic carbocycles. The van der Waals surface area contributed by atoms with E-state index in [0.717, 1.165) is 67.2 Å². The standard InChI is InChI=1S/C26H31N5O2/c1-30-13-15-31(16-14-30)17-25(32)29-21-7-4-6-20-19(21)10-12-24(27-20)28-22-11-9-18-5-3-8-23(33-2)26(18)22/h3-8,10,12,22H,9,11,13-17H2,1-2H3,(H,27,28)(H,29,32)/t22-/m1/s1. The predicted molar refractivity (Wildman–Crippen MR) is 132 cm³/mol. The molecule has 0 spiro atoms. The second kappa shape index (κ2) is 9.37. The minimum Gasteiger partial charge on any atom is -0.496 e. The molecule has 1 amide bonds. The van der Waals surface area contributed by atoms with E-state index >= 15 is 0 Å². The highest BCUT2D eigenvalue weighted by Gasteiger charge is 2.26. The highest BCUT2D eigenvalue weighted by molar-refractivity contribution is 6.02. The second-order valence-electron chi connectivity index (χ2n) is 8.97. The van der Waals surface area contributed by atoms with Crippen molar-refractivity contribution in [2.45, 2.75) is 18.9 Å².